The second-order valence-electron chi connectivity index (χ2n) is 3.81. The van der Waals surface area contributed by atoms with E-state index >= 15 is 0 Å². The van der Waals surface area contributed by atoms with E-state index in [9.17, 15) is 13.6 Å². The fourth-order valence-corrected chi connectivity index (χ4v) is 1.77. The highest BCUT2D eigenvalue weighted by molar-refractivity contribution is 5.79. The second-order valence-corrected chi connectivity index (χ2v) is 3.81. The standard InChI is InChI=1S/C10H18F2N2O2/c1-16-8-7-13-3-2-4-14(6-5-13)10(15)9(11)12/h9H,2-8H2,1H3. The van der Waals surface area contributed by atoms with Gasteiger partial charge in [-0.3, -0.25) is 9.69 Å². The monoisotopic (exact) mass is 236 g/mol. The molecule has 0 unspecified atom stereocenters. The van der Waals surface area contributed by atoms with Crippen molar-refractivity contribution >= 4 is 5.91 Å². The summed E-state index contributed by atoms with van der Waals surface area (Å²) in [5, 5.41) is 0. The van der Waals surface area contributed by atoms with Gasteiger partial charge in [0.15, 0.2) is 0 Å². The molecule has 0 N–H and O–H groups in total. The van der Waals surface area contributed by atoms with E-state index in [1.165, 1.54) is 4.90 Å². The van der Waals surface area contributed by atoms with E-state index in [1.54, 1.807) is 7.11 Å². The Bertz CT molecular complexity index is 227. The lowest BCUT2D eigenvalue weighted by molar-refractivity contribution is -0.142. The lowest BCUT2D eigenvalue weighted by atomic mass is 10.4. The molecule has 1 aliphatic rings. The first-order valence-corrected chi connectivity index (χ1v) is 5.43. The first-order valence-electron chi connectivity index (χ1n) is 5.43. The number of hydrogen-bond donors (Lipinski definition) is 0. The van der Waals surface area contributed by atoms with Gasteiger partial charge in [0, 0.05) is 33.3 Å². The van der Waals surface area contributed by atoms with Crippen molar-refractivity contribution in [3.8, 4) is 0 Å². The fraction of sp³-hybridized carbons (Fsp3) is 0.900. The van der Waals surface area contributed by atoms with Gasteiger partial charge in [0.2, 0.25) is 0 Å². The first kappa shape index (κ1) is 13.3. The molecule has 0 radical (unpaired) electrons. The molecule has 0 spiro atoms. The third kappa shape index (κ3) is 4.02. The van der Waals surface area contributed by atoms with Crippen molar-refractivity contribution in [3.63, 3.8) is 0 Å². The zero-order valence-corrected chi connectivity index (χ0v) is 9.49. The minimum atomic E-state index is -2.88. The topological polar surface area (TPSA) is 32.8 Å². The van der Waals surface area contributed by atoms with E-state index < -0.39 is 12.3 Å². The van der Waals surface area contributed by atoms with Crippen LogP contribution in [0.1, 0.15) is 6.42 Å². The van der Waals surface area contributed by atoms with Crippen molar-refractivity contribution in [2.24, 2.45) is 0 Å². The van der Waals surface area contributed by atoms with Crippen LogP contribution < -0.4 is 0 Å². The van der Waals surface area contributed by atoms with Gasteiger partial charge in [-0.1, -0.05) is 0 Å². The fourth-order valence-electron chi connectivity index (χ4n) is 1.77. The van der Waals surface area contributed by atoms with Crippen LogP contribution in [0, 0.1) is 0 Å². The minimum Gasteiger partial charge on any atom is -0.383 e. The Morgan fingerprint density at radius 3 is 2.69 bits per heavy atom. The van der Waals surface area contributed by atoms with Crippen LogP contribution in [0.2, 0.25) is 0 Å². The van der Waals surface area contributed by atoms with E-state index in [0.29, 0.717) is 26.2 Å². The Kier molecular flexibility index (Phi) is 5.62. The van der Waals surface area contributed by atoms with Gasteiger partial charge in [-0.15, -0.1) is 0 Å². The SMILES string of the molecule is COCCN1CCCN(C(=O)C(F)F)CC1. The normalized spacial score (nSPS) is 18.9. The molecule has 94 valence electrons. The number of nitrogens with zero attached hydrogens (tertiary/aromatic N) is 2. The van der Waals surface area contributed by atoms with Crippen molar-refractivity contribution in [2.75, 3.05) is 46.4 Å². The predicted octanol–water partition coefficient (Wildman–Crippen LogP) is 0.432. The Morgan fingerprint density at radius 2 is 2.06 bits per heavy atom. The van der Waals surface area contributed by atoms with Gasteiger partial charge in [0.25, 0.3) is 5.91 Å². The summed E-state index contributed by atoms with van der Waals surface area (Å²) >= 11 is 0. The molecule has 1 aliphatic heterocycles. The molecule has 0 aliphatic carbocycles. The van der Waals surface area contributed by atoms with Gasteiger partial charge in [0.05, 0.1) is 6.61 Å². The maximum atomic E-state index is 12.2. The van der Waals surface area contributed by atoms with Gasteiger partial charge in [-0.05, 0) is 13.0 Å². The van der Waals surface area contributed by atoms with Crippen molar-refractivity contribution in [3.05, 3.63) is 0 Å². The molecule has 0 saturated carbocycles. The van der Waals surface area contributed by atoms with Crippen LogP contribution in [0.5, 0.6) is 0 Å². The molecule has 0 aromatic heterocycles. The number of ether oxygens (including phenoxy) is 1. The van der Waals surface area contributed by atoms with Gasteiger partial charge in [0.1, 0.15) is 0 Å². The number of rotatable bonds is 4. The molecule has 4 nitrogen and oxygen atoms in total. The van der Waals surface area contributed by atoms with E-state index in [1.807, 2.05) is 0 Å². The third-order valence-electron chi connectivity index (χ3n) is 2.70. The lowest BCUT2D eigenvalue weighted by Crippen LogP contribution is -2.39. The highest BCUT2D eigenvalue weighted by atomic mass is 19.3. The van der Waals surface area contributed by atoms with Gasteiger partial charge in [-0.2, -0.15) is 8.78 Å². The molecule has 1 fully saturated rings. The molecule has 1 amide bonds. The van der Waals surface area contributed by atoms with Crippen LogP contribution in [0.4, 0.5) is 8.78 Å². The third-order valence-corrected chi connectivity index (χ3v) is 2.70. The molecule has 0 aromatic carbocycles. The summed E-state index contributed by atoms with van der Waals surface area (Å²) in [6.07, 6.45) is -2.15. The van der Waals surface area contributed by atoms with Crippen molar-refractivity contribution in [2.45, 2.75) is 12.8 Å². The maximum Gasteiger partial charge on any atom is 0.315 e. The number of amides is 1. The summed E-state index contributed by atoms with van der Waals surface area (Å²) in [7, 11) is 1.63. The highest BCUT2D eigenvalue weighted by Gasteiger charge is 2.25. The molecule has 0 aromatic rings. The summed E-state index contributed by atoms with van der Waals surface area (Å²) in [6.45, 7) is 3.69. The van der Waals surface area contributed by atoms with Crippen LogP contribution in [-0.4, -0.2) is 68.6 Å². The number of alkyl halides is 2. The van der Waals surface area contributed by atoms with Crippen LogP contribution in [-0.2, 0) is 9.53 Å². The smallest absolute Gasteiger partial charge is 0.315 e. The van der Waals surface area contributed by atoms with Gasteiger partial charge < -0.3 is 9.64 Å². The Hall–Kier alpha value is -0.750. The zero-order chi connectivity index (χ0) is 12.0. The largest absolute Gasteiger partial charge is 0.383 e. The predicted molar refractivity (Wildman–Crippen MR) is 55.5 cm³/mol. The zero-order valence-electron chi connectivity index (χ0n) is 9.49. The number of methoxy groups -OCH3 is 1. The summed E-state index contributed by atoms with van der Waals surface area (Å²) in [5.74, 6) is -1.05. The Balaban J connectivity index is 2.37. The van der Waals surface area contributed by atoms with Crippen LogP contribution >= 0.6 is 0 Å². The van der Waals surface area contributed by atoms with Crippen LogP contribution in [0.15, 0.2) is 0 Å². The second kappa shape index (κ2) is 6.75. The Morgan fingerprint density at radius 1 is 1.31 bits per heavy atom. The van der Waals surface area contributed by atoms with Crippen LogP contribution in [0.3, 0.4) is 0 Å². The van der Waals surface area contributed by atoms with E-state index in [-0.39, 0.29) is 0 Å². The average Bonchev–Trinajstić information content (AvgIpc) is 2.50. The van der Waals surface area contributed by atoms with Crippen molar-refractivity contribution in [1.82, 2.24) is 9.80 Å². The van der Waals surface area contributed by atoms with Crippen molar-refractivity contribution < 1.29 is 18.3 Å². The van der Waals surface area contributed by atoms with Crippen molar-refractivity contribution in [1.29, 1.82) is 0 Å². The number of halogens is 2. The van der Waals surface area contributed by atoms with E-state index in [4.69, 9.17) is 4.74 Å². The number of carbonyl (C=O) groups excluding carboxylic acids is 1. The highest BCUT2D eigenvalue weighted by Crippen LogP contribution is 2.07. The molecule has 1 heterocycles. The molecule has 0 atom stereocenters. The van der Waals surface area contributed by atoms with E-state index in [2.05, 4.69) is 4.90 Å². The van der Waals surface area contributed by atoms with Crippen LogP contribution in [0.25, 0.3) is 0 Å². The van der Waals surface area contributed by atoms with Gasteiger partial charge >= 0.3 is 6.43 Å². The molecular weight excluding hydrogens is 218 g/mol. The summed E-state index contributed by atoms with van der Waals surface area (Å²) in [6, 6.07) is 0. The quantitative estimate of drug-likeness (QED) is 0.709. The maximum absolute atomic E-state index is 12.2. The lowest BCUT2D eigenvalue weighted by Gasteiger charge is -2.21. The average molecular weight is 236 g/mol. The number of carbonyl (C=O) groups is 1. The first-order chi connectivity index (χ1) is 7.65. The van der Waals surface area contributed by atoms with E-state index in [0.717, 1.165) is 19.5 Å². The summed E-state index contributed by atoms with van der Waals surface area (Å²) in [5.41, 5.74) is 0. The molecule has 1 rings (SSSR count). The molecule has 6 heteroatoms. The molecule has 1 saturated heterocycles. The summed E-state index contributed by atoms with van der Waals surface area (Å²) < 4.78 is 29.4. The van der Waals surface area contributed by atoms with Gasteiger partial charge in [-0.25, -0.2) is 0 Å². The number of hydrogen-bond acceptors (Lipinski definition) is 3. The molecule has 0 bridgehead atoms. The Labute approximate surface area is 94.1 Å². The summed E-state index contributed by atoms with van der Waals surface area (Å²) in [4.78, 5) is 14.5. The molecular formula is C10H18F2N2O2. The molecule has 16 heavy (non-hydrogen) atoms. The minimum absolute atomic E-state index is 0.382.